The summed E-state index contributed by atoms with van der Waals surface area (Å²) in [5, 5.41) is 0. The van der Waals surface area contributed by atoms with Crippen molar-refractivity contribution in [3.8, 4) is 0 Å². The first-order valence-corrected chi connectivity index (χ1v) is 11.9. The summed E-state index contributed by atoms with van der Waals surface area (Å²) in [5.41, 5.74) is 0. The maximum Gasteiger partial charge on any atom is 0.243 e. The molecule has 1 aromatic heterocycles. The van der Waals surface area contributed by atoms with E-state index in [2.05, 4.69) is 47.6 Å². The smallest absolute Gasteiger partial charge is 0.243 e. The summed E-state index contributed by atoms with van der Waals surface area (Å²) in [6.45, 7) is 6.03. The van der Waals surface area contributed by atoms with Gasteiger partial charge in [-0.25, -0.2) is 18.4 Å². The topological polar surface area (TPSA) is 72.9 Å². The third kappa shape index (κ3) is 4.55. The van der Waals surface area contributed by atoms with Gasteiger partial charge in [-0.15, -0.1) is 0 Å². The Morgan fingerprint density at radius 2 is 1.34 bits per heavy atom. The monoisotopic (exact) mass is 480 g/mol. The largest absolute Gasteiger partial charge is 0.354 e. The molecule has 0 aliphatic carbocycles. The van der Waals surface area contributed by atoms with Crippen molar-refractivity contribution in [3.63, 3.8) is 0 Å². The third-order valence-electron chi connectivity index (χ3n) is 5.48. The van der Waals surface area contributed by atoms with Crippen molar-refractivity contribution in [2.24, 2.45) is 0 Å². The fourth-order valence-corrected chi connectivity index (χ4v) is 5.32. The Kier molecular flexibility index (Phi) is 6.05. The molecule has 2 saturated heterocycles. The average molecular weight is 481 g/mol. The van der Waals surface area contributed by atoms with Crippen LogP contribution in [0, 0.1) is 0 Å². The second-order valence-corrected chi connectivity index (χ2v) is 10.2. The van der Waals surface area contributed by atoms with Gasteiger partial charge < -0.3 is 14.7 Å². The molecule has 10 heteroatoms. The Labute approximate surface area is 180 Å². The van der Waals surface area contributed by atoms with Gasteiger partial charge in [0.25, 0.3) is 0 Å². The number of nitrogens with zero attached hydrogens (tertiary/aromatic N) is 6. The molecule has 0 unspecified atom stereocenters. The van der Waals surface area contributed by atoms with Gasteiger partial charge in [0, 0.05) is 62.9 Å². The fraction of sp³-hybridized carbons (Fsp3) is 0.474. The van der Waals surface area contributed by atoms with E-state index in [-0.39, 0.29) is 0 Å². The number of sulfonamides is 1. The van der Waals surface area contributed by atoms with Crippen LogP contribution in [0.1, 0.15) is 0 Å². The van der Waals surface area contributed by atoms with Gasteiger partial charge in [0.1, 0.15) is 18.0 Å². The van der Waals surface area contributed by atoms with E-state index >= 15 is 0 Å². The van der Waals surface area contributed by atoms with E-state index in [0.29, 0.717) is 31.1 Å². The Bertz CT molecular complexity index is 939. The van der Waals surface area contributed by atoms with E-state index in [4.69, 9.17) is 0 Å². The summed E-state index contributed by atoms with van der Waals surface area (Å²) in [4.78, 5) is 15.9. The van der Waals surface area contributed by atoms with E-state index in [9.17, 15) is 8.42 Å². The van der Waals surface area contributed by atoms with Crippen molar-refractivity contribution < 1.29 is 8.42 Å². The second-order valence-electron chi connectivity index (χ2n) is 7.37. The van der Waals surface area contributed by atoms with Crippen LogP contribution in [-0.4, -0.2) is 87.0 Å². The molecule has 2 aliphatic rings. The minimum atomic E-state index is -3.47. The van der Waals surface area contributed by atoms with E-state index in [1.807, 2.05) is 6.07 Å². The lowest BCUT2D eigenvalue weighted by Gasteiger charge is -2.36. The Hall–Kier alpha value is -1.75. The molecule has 1 aromatic carbocycles. The van der Waals surface area contributed by atoms with Crippen LogP contribution in [0.15, 0.2) is 46.0 Å². The Morgan fingerprint density at radius 1 is 0.828 bits per heavy atom. The van der Waals surface area contributed by atoms with Crippen molar-refractivity contribution >= 4 is 37.6 Å². The number of hydrogen-bond donors (Lipinski definition) is 0. The van der Waals surface area contributed by atoms with Crippen molar-refractivity contribution in [1.82, 2.24) is 19.2 Å². The van der Waals surface area contributed by atoms with Crippen molar-refractivity contribution in [1.29, 1.82) is 0 Å². The first-order valence-electron chi connectivity index (χ1n) is 9.70. The Morgan fingerprint density at radius 3 is 1.90 bits per heavy atom. The first kappa shape index (κ1) is 20.5. The zero-order chi connectivity index (χ0) is 20.4. The van der Waals surface area contributed by atoms with Crippen molar-refractivity contribution in [3.05, 3.63) is 41.1 Å². The van der Waals surface area contributed by atoms with Crippen LogP contribution in [0.25, 0.3) is 0 Å². The molecule has 3 heterocycles. The summed E-state index contributed by atoms with van der Waals surface area (Å²) in [5.74, 6) is 1.79. The maximum atomic E-state index is 12.9. The lowest BCUT2D eigenvalue weighted by atomic mass is 10.3. The maximum absolute atomic E-state index is 12.9. The molecular weight excluding hydrogens is 456 g/mol. The number of rotatable bonds is 4. The molecular formula is C19H25BrN6O2S. The summed E-state index contributed by atoms with van der Waals surface area (Å²) in [6, 6.07) is 8.80. The van der Waals surface area contributed by atoms with Crippen LogP contribution in [-0.2, 0) is 10.0 Å². The van der Waals surface area contributed by atoms with Crippen LogP contribution in [0.5, 0.6) is 0 Å². The molecule has 0 saturated carbocycles. The number of piperazine rings is 2. The second kappa shape index (κ2) is 8.55. The standard InChI is InChI=1S/C19H25BrN6O2S/c1-23-6-8-24(9-7-23)18-14-19(22-15-21-18)25-10-12-26(13-11-25)29(27,28)17-4-2-16(20)3-5-17/h2-5,14-15H,6-13H2,1H3. The normalized spacial score (nSPS) is 19.5. The zero-order valence-electron chi connectivity index (χ0n) is 16.4. The van der Waals surface area contributed by atoms with Crippen LogP contribution < -0.4 is 9.80 Å². The average Bonchev–Trinajstić information content (AvgIpc) is 2.75. The highest BCUT2D eigenvalue weighted by molar-refractivity contribution is 9.10. The first-order chi connectivity index (χ1) is 13.9. The fourth-order valence-electron chi connectivity index (χ4n) is 3.63. The molecule has 2 aromatic rings. The molecule has 156 valence electrons. The summed E-state index contributed by atoms with van der Waals surface area (Å²) < 4.78 is 28.2. The zero-order valence-corrected chi connectivity index (χ0v) is 18.8. The molecule has 8 nitrogen and oxygen atoms in total. The van der Waals surface area contributed by atoms with E-state index in [0.717, 1.165) is 42.3 Å². The lowest BCUT2D eigenvalue weighted by Crippen LogP contribution is -2.49. The SMILES string of the molecule is CN1CCN(c2cc(N3CCN(S(=O)(=O)c4ccc(Br)cc4)CC3)ncn2)CC1. The van der Waals surface area contributed by atoms with E-state index < -0.39 is 10.0 Å². The van der Waals surface area contributed by atoms with Crippen molar-refractivity contribution in [2.45, 2.75) is 4.90 Å². The van der Waals surface area contributed by atoms with Crippen molar-refractivity contribution in [2.75, 3.05) is 69.2 Å². The molecule has 4 rings (SSSR count). The third-order valence-corrected chi connectivity index (χ3v) is 7.92. The molecule has 0 N–H and O–H groups in total. The summed E-state index contributed by atoms with van der Waals surface area (Å²) in [6.07, 6.45) is 1.61. The van der Waals surface area contributed by atoms with Gasteiger partial charge >= 0.3 is 0 Å². The van der Waals surface area contributed by atoms with Crippen LogP contribution >= 0.6 is 15.9 Å². The quantitative estimate of drug-likeness (QED) is 0.656. The predicted molar refractivity (Wildman–Crippen MR) is 117 cm³/mol. The highest BCUT2D eigenvalue weighted by Crippen LogP contribution is 2.23. The van der Waals surface area contributed by atoms with Gasteiger partial charge in [0.2, 0.25) is 10.0 Å². The van der Waals surface area contributed by atoms with Crippen LogP contribution in [0.2, 0.25) is 0 Å². The van der Waals surface area contributed by atoms with Gasteiger partial charge in [-0.3, -0.25) is 0 Å². The lowest BCUT2D eigenvalue weighted by molar-refractivity contribution is 0.312. The van der Waals surface area contributed by atoms with Crippen LogP contribution in [0.3, 0.4) is 0 Å². The minimum absolute atomic E-state index is 0.327. The van der Waals surface area contributed by atoms with Gasteiger partial charge in [0.15, 0.2) is 0 Å². The molecule has 0 atom stereocenters. The van der Waals surface area contributed by atoms with E-state index in [1.165, 1.54) is 0 Å². The highest BCUT2D eigenvalue weighted by atomic mass is 79.9. The van der Waals surface area contributed by atoms with E-state index in [1.54, 1.807) is 34.9 Å². The molecule has 0 bridgehead atoms. The molecule has 0 spiro atoms. The number of hydrogen-bond acceptors (Lipinski definition) is 7. The number of halogens is 1. The van der Waals surface area contributed by atoms with Gasteiger partial charge in [0.05, 0.1) is 4.90 Å². The number of anilines is 2. The highest BCUT2D eigenvalue weighted by Gasteiger charge is 2.29. The van der Waals surface area contributed by atoms with Gasteiger partial charge in [-0.05, 0) is 31.3 Å². The Balaban J connectivity index is 1.42. The summed E-state index contributed by atoms with van der Waals surface area (Å²) >= 11 is 3.35. The molecule has 0 radical (unpaired) electrons. The number of benzene rings is 1. The van der Waals surface area contributed by atoms with Crippen LogP contribution in [0.4, 0.5) is 11.6 Å². The molecule has 2 aliphatic heterocycles. The molecule has 2 fully saturated rings. The predicted octanol–water partition coefficient (Wildman–Crippen LogP) is 1.50. The minimum Gasteiger partial charge on any atom is -0.354 e. The number of likely N-dealkylation sites (N-methyl/N-ethyl adjacent to an activating group) is 1. The van der Waals surface area contributed by atoms with Gasteiger partial charge in [-0.1, -0.05) is 15.9 Å². The summed E-state index contributed by atoms with van der Waals surface area (Å²) in [7, 11) is -1.35. The number of aromatic nitrogens is 2. The van der Waals surface area contributed by atoms with Gasteiger partial charge in [-0.2, -0.15) is 4.31 Å². The molecule has 0 amide bonds. The molecule has 29 heavy (non-hydrogen) atoms.